The number of carboxylic acid groups (broad SMARTS) is 1. The van der Waals surface area contributed by atoms with Crippen LogP contribution in [0.25, 0.3) is 0 Å². The van der Waals surface area contributed by atoms with Gasteiger partial charge in [0.15, 0.2) is 0 Å². The first-order chi connectivity index (χ1) is 7.06. The minimum atomic E-state index is -1.29. The summed E-state index contributed by atoms with van der Waals surface area (Å²) in [7, 11) is 2.80. The fourth-order valence-corrected chi connectivity index (χ4v) is 2.36. The van der Waals surface area contributed by atoms with Crippen LogP contribution in [0, 0.1) is 10.1 Å². The number of benzene rings is 1. The number of carboxylic acids is 1. The number of rotatable bonds is 4. The van der Waals surface area contributed by atoms with Gasteiger partial charge >= 0.3 is 5.97 Å². The molecule has 1 rings (SSSR count). The minimum absolute atomic E-state index is 0.279. The molecule has 0 amide bonds. The molecule has 5 nitrogen and oxygen atoms in total. The quantitative estimate of drug-likeness (QED) is 0.499. The topological polar surface area (TPSA) is 80.4 Å². The van der Waals surface area contributed by atoms with Crippen LogP contribution in [-0.2, 0) is 0 Å². The standard InChI is InChI=1S/C8H7NO4S2/c1-14-15-5-2-3-7(9(12)13)6(4-5)8(10)11/h2-4H,1H3,(H,10,11). The second-order valence-electron chi connectivity index (χ2n) is 2.49. The zero-order valence-electron chi connectivity index (χ0n) is 7.67. The van der Waals surface area contributed by atoms with E-state index in [0.29, 0.717) is 4.90 Å². The summed E-state index contributed by atoms with van der Waals surface area (Å²) >= 11 is 0. The van der Waals surface area contributed by atoms with Gasteiger partial charge in [0.05, 0.1) is 4.92 Å². The van der Waals surface area contributed by atoms with Gasteiger partial charge in [0, 0.05) is 11.0 Å². The lowest BCUT2D eigenvalue weighted by atomic mass is 10.2. The Bertz CT molecular complexity index is 408. The van der Waals surface area contributed by atoms with Gasteiger partial charge in [0.25, 0.3) is 5.69 Å². The number of hydrogen-bond donors (Lipinski definition) is 1. The Hall–Kier alpha value is -1.21. The summed E-state index contributed by atoms with van der Waals surface area (Å²) in [5.41, 5.74) is -0.660. The van der Waals surface area contributed by atoms with Crippen molar-refractivity contribution in [3.05, 3.63) is 33.9 Å². The Kier molecular flexibility index (Phi) is 3.98. The van der Waals surface area contributed by atoms with Crippen LogP contribution in [0.4, 0.5) is 5.69 Å². The van der Waals surface area contributed by atoms with Crippen molar-refractivity contribution in [2.45, 2.75) is 4.90 Å². The van der Waals surface area contributed by atoms with Crippen LogP contribution in [0.1, 0.15) is 10.4 Å². The maximum atomic E-state index is 10.8. The zero-order chi connectivity index (χ0) is 11.4. The molecule has 0 bridgehead atoms. The summed E-state index contributed by atoms with van der Waals surface area (Å²) in [5.74, 6) is -1.29. The first kappa shape index (κ1) is 11.9. The fraction of sp³-hybridized carbons (Fsp3) is 0.125. The third kappa shape index (κ3) is 2.87. The van der Waals surface area contributed by atoms with Crippen LogP contribution in [0.15, 0.2) is 23.1 Å². The summed E-state index contributed by atoms with van der Waals surface area (Å²) in [6, 6.07) is 4.05. The molecular weight excluding hydrogens is 238 g/mol. The van der Waals surface area contributed by atoms with Crippen LogP contribution < -0.4 is 0 Å². The maximum absolute atomic E-state index is 10.8. The summed E-state index contributed by atoms with van der Waals surface area (Å²) in [5, 5.41) is 19.3. The Labute approximate surface area is 93.4 Å². The summed E-state index contributed by atoms with van der Waals surface area (Å²) < 4.78 is 0. The molecule has 0 saturated carbocycles. The molecule has 0 aliphatic heterocycles. The largest absolute Gasteiger partial charge is 0.477 e. The lowest BCUT2D eigenvalue weighted by molar-refractivity contribution is -0.385. The molecule has 0 spiro atoms. The molecule has 0 aliphatic rings. The van der Waals surface area contributed by atoms with Crippen molar-refractivity contribution in [3.63, 3.8) is 0 Å². The molecule has 0 atom stereocenters. The number of nitro groups is 1. The van der Waals surface area contributed by atoms with E-state index < -0.39 is 10.9 Å². The number of nitrogens with zero attached hydrogens (tertiary/aromatic N) is 1. The molecule has 80 valence electrons. The summed E-state index contributed by atoms with van der Waals surface area (Å²) in [6.07, 6.45) is 1.84. The van der Waals surface area contributed by atoms with Crippen molar-refractivity contribution in [1.29, 1.82) is 0 Å². The van der Waals surface area contributed by atoms with Gasteiger partial charge in [0.1, 0.15) is 5.56 Å². The van der Waals surface area contributed by atoms with Gasteiger partial charge in [-0.1, -0.05) is 21.6 Å². The first-order valence-electron chi connectivity index (χ1n) is 3.78. The minimum Gasteiger partial charge on any atom is -0.477 e. The molecule has 0 saturated heterocycles. The number of aromatic carboxylic acids is 1. The number of carbonyl (C=O) groups is 1. The van der Waals surface area contributed by atoms with Crippen molar-refractivity contribution in [1.82, 2.24) is 0 Å². The number of nitro benzene ring substituents is 1. The smallest absolute Gasteiger partial charge is 0.342 e. The number of hydrogen-bond acceptors (Lipinski definition) is 5. The van der Waals surface area contributed by atoms with Crippen LogP contribution in [0.2, 0.25) is 0 Å². The van der Waals surface area contributed by atoms with Crippen LogP contribution in [0.5, 0.6) is 0 Å². The van der Waals surface area contributed by atoms with Gasteiger partial charge in [-0.15, -0.1) is 0 Å². The molecular formula is C8H7NO4S2. The van der Waals surface area contributed by atoms with Crippen LogP contribution in [-0.4, -0.2) is 22.3 Å². The highest BCUT2D eigenvalue weighted by atomic mass is 33.1. The highest BCUT2D eigenvalue weighted by molar-refractivity contribution is 8.76. The van der Waals surface area contributed by atoms with Crippen LogP contribution >= 0.6 is 21.6 Å². The molecule has 1 N–H and O–H groups in total. The molecule has 0 unspecified atom stereocenters. The average Bonchev–Trinajstić information content (AvgIpc) is 2.17. The summed E-state index contributed by atoms with van der Waals surface area (Å²) in [4.78, 5) is 21.3. The lowest BCUT2D eigenvalue weighted by Gasteiger charge is -2.00. The normalized spacial score (nSPS) is 9.93. The zero-order valence-corrected chi connectivity index (χ0v) is 9.30. The van der Waals surface area contributed by atoms with Gasteiger partial charge in [-0.05, 0) is 18.4 Å². The second-order valence-corrected chi connectivity index (χ2v) is 4.96. The predicted octanol–water partition coefficient (Wildman–Crippen LogP) is 2.66. The van der Waals surface area contributed by atoms with E-state index in [2.05, 4.69) is 0 Å². The van der Waals surface area contributed by atoms with E-state index in [1.54, 1.807) is 0 Å². The Balaban J connectivity index is 3.21. The molecule has 0 fully saturated rings. The molecule has 0 radical (unpaired) electrons. The highest BCUT2D eigenvalue weighted by Gasteiger charge is 2.19. The predicted molar refractivity (Wildman–Crippen MR) is 59.4 cm³/mol. The van der Waals surface area contributed by atoms with Crippen molar-refractivity contribution in [2.24, 2.45) is 0 Å². The summed E-state index contributed by atoms with van der Waals surface area (Å²) in [6.45, 7) is 0. The molecule has 1 aromatic rings. The van der Waals surface area contributed by atoms with Crippen molar-refractivity contribution < 1.29 is 14.8 Å². The fourth-order valence-electron chi connectivity index (χ4n) is 0.994. The van der Waals surface area contributed by atoms with Gasteiger partial charge in [0.2, 0.25) is 0 Å². The van der Waals surface area contributed by atoms with E-state index in [1.807, 2.05) is 6.26 Å². The second kappa shape index (κ2) is 5.04. The van der Waals surface area contributed by atoms with Crippen molar-refractivity contribution >= 4 is 33.2 Å². The molecule has 0 aliphatic carbocycles. The van der Waals surface area contributed by atoms with E-state index in [1.165, 1.54) is 39.8 Å². The van der Waals surface area contributed by atoms with E-state index in [9.17, 15) is 14.9 Å². The Morgan fingerprint density at radius 1 is 1.53 bits per heavy atom. The van der Waals surface area contributed by atoms with E-state index in [4.69, 9.17) is 5.11 Å². The third-order valence-electron chi connectivity index (χ3n) is 1.57. The van der Waals surface area contributed by atoms with E-state index >= 15 is 0 Å². The van der Waals surface area contributed by atoms with E-state index in [0.717, 1.165) is 0 Å². The molecule has 15 heavy (non-hydrogen) atoms. The van der Waals surface area contributed by atoms with Gasteiger partial charge in [-0.2, -0.15) is 0 Å². The van der Waals surface area contributed by atoms with Gasteiger partial charge in [-0.25, -0.2) is 4.79 Å². The Morgan fingerprint density at radius 3 is 2.67 bits per heavy atom. The molecule has 0 heterocycles. The Morgan fingerprint density at radius 2 is 2.20 bits per heavy atom. The maximum Gasteiger partial charge on any atom is 0.342 e. The van der Waals surface area contributed by atoms with Gasteiger partial charge < -0.3 is 5.11 Å². The van der Waals surface area contributed by atoms with Crippen molar-refractivity contribution in [3.8, 4) is 0 Å². The molecule has 7 heteroatoms. The third-order valence-corrected chi connectivity index (χ3v) is 3.27. The average molecular weight is 245 g/mol. The van der Waals surface area contributed by atoms with Crippen molar-refractivity contribution in [2.75, 3.05) is 6.26 Å². The highest BCUT2D eigenvalue weighted by Crippen LogP contribution is 2.31. The first-order valence-corrected chi connectivity index (χ1v) is 6.34. The van der Waals surface area contributed by atoms with E-state index in [-0.39, 0.29) is 11.3 Å². The lowest BCUT2D eigenvalue weighted by Crippen LogP contribution is -2.02. The SMILES string of the molecule is CSSc1ccc([N+](=O)[O-])c(C(=O)O)c1. The van der Waals surface area contributed by atoms with Gasteiger partial charge in [-0.3, -0.25) is 10.1 Å². The molecule has 0 aromatic heterocycles. The molecule has 1 aromatic carbocycles. The monoisotopic (exact) mass is 245 g/mol. The van der Waals surface area contributed by atoms with Crippen LogP contribution in [0.3, 0.4) is 0 Å².